The van der Waals surface area contributed by atoms with Crippen LogP contribution in [0.5, 0.6) is 0 Å². The van der Waals surface area contributed by atoms with Crippen molar-refractivity contribution in [2.75, 3.05) is 0 Å². The number of hydrogen-bond acceptors (Lipinski definition) is 2. The molecule has 0 aliphatic rings. The Morgan fingerprint density at radius 1 is 1.45 bits per heavy atom. The molecule has 0 aliphatic heterocycles. The van der Waals surface area contributed by atoms with E-state index in [2.05, 4.69) is 12.1 Å². The molecular weight excluding hydrogens is 138 g/mol. The summed E-state index contributed by atoms with van der Waals surface area (Å²) >= 11 is 0. The van der Waals surface area contributed by atoms with Crippen LogP contribution in [-0.2, 0) is 6.42 Å². The third-order valence-corrected chi connectivity index (χ3v) is 1.63. The van der Waals surface area contributed by atoms with Crippen molar-refractivity contribution in [2.45, 2.75) is 13.3 Å². The first-order valence-corrected chi connectivity index (χ1v) is 3.63. The third-order valence-electron chi connectivity index (χ3n) is 1.63. The van der Waals surface area contributed by atoms with Crippen LogP contribution in [0.4, 0.5) is 0 Å². The molecule has 0 saturated heterocycles. The molecule has 0 bridgehead atoms. The van der Waals surface area contributed by atoms with Gasteiger partial charge in [0.2, 0.25) is 0 Å². The van der Waals surface area contributed by atoms with Gasteiger partial charge in [-0.15, -0.1) is 0 Å². The van der Waals surface area contributed by atoms with Crippen molar-refractivity contribution in [3.8, 4) is 0 Å². The van der Waals surface area contributed by atoms with E-state index in [1.54, 1.807) is 0 Å². The lowest BCUT2D eigenvalue weighted by Gasteiger charge is -1.99. The highest BCUT2D eigenvalue weighted by atomic mass is 16.4. The Morgan fingerprint density at radius 3 is 2.82 bits per heavy atom. The zero-order valence-corrected chi connectivity index (χ0v) is 6.49. The molecule has 0 aromatic heterocycles. The maximum Gasteiger partial charge on any atom is 0.0736 e. The van der Waals surface area contributed by atoms with Crippen LogP contribution >= 0.6 is 0 Å². The van der Waals surface area contributed by atoms with Crippen molar-refractivity contribution < 1.29 is 5.21 Å². The minimum Gasteiger partial charge on any atom is -0.411 e. The Morgan fingerprint density at radius 2 is 2.18 bits per heavy atom. The lowest BCUT2D eigenvalue weighted by molar-refractivity contribution is 0.322. The monoisotopic (exact) mass is 149 g/mol. The molecule has 0 saturated carbocycles. The minimum atomic E-state index is 0.961. The van der Waals surface area contributed by atoms with Gasteiger partial charge in [0.15, 0.2) is 0 Å². The zero-order valence-electron chi connectivity index (χ0n) is 6.49. The molecule has 0 spiro atoms. The van der Waals surface area contributed by atoms with Crippen LogP contribution in [0.2, 0.25) is 0 Å². The van der Waals surface area contributed by atoms with Crippen LogP contribution in [-0.4, -0.2) is 11.4 Å². The highest BCUT2D eigenvalue weighted by molar-refractivity contribution is 5.81. The summed E-state index contributed by atoms with van der Waals surface area (Å²) in [6, 6.07) is 7.86. The number of nitrogens with zero attached hydrogens (tertiary/aromatic N) is 1. The van der Waals surface area contributed by atoms with Gasteiger partial charge in [-0.3, -0.25) is 0 Å². The second kappa shape index (κ2) is 3.76. The number of benzene rings is 1. The largest absolute Gasteiger partial charge is 0.411 e. The van der Waals surface area contributed by atoms with Crippen molar-refractivity contribution in [2.24, 2.45) is 5.16 Å². The summed E-state index contributed by atoms with van der Waals surface area (Å²) in [5, 5.41) is 11.3. The maximum atomic E-state index is 8.31. The van der Waals surface area contributed by atoms with Crippen LogP contribution in [0.15, 0.2) is 29.4 Å². The Balaban J connectivity index is 3.02. The number of hydrogen-bond donors (Lipinski definition) is 1. The third kappa shape index (κ3) is 1.80. The normalized spacial score (nSPS) is 10.6. The van der Waals surface area contributed by atoms with Gasteiger partial charge in [-0.05, 0) is 17.5 Å². The van der Waals surface area contributed by atoms with Crippen molar-refractivity contribution in [1.29, 1.82) is 0 Å². The first kappa shape index (κ1) is 7.79. The van der Waals surface area contributed by atoms with E-state index in [-0.39, 0.29) is 0 Å². The van der Waals surface area contributed by atoms with Crippen molar-refractivity contribution in [1.82, 2.24) is 0 Å². The number of oxime groups is 1. The van der Waals surface area contributed by atoms with Gasteiger partial charge in [0, 0.05) is 0 Å². The van der Waals surface area contributed by atoms with Crippen LogP contribution in [0, 0.1) is 0 Å². The van der Waals surface area contributed by atoms with E-state index in [0.29, 0.717) is 0 Å². The number of rotatable bonds is 2. The summed E-state index contributed by atoms with van der Waals surface area (Å²) in [5.74, 6) is 0. The maximum absolute atomic E-state index is 8.31. The SMILES string of the molecule is CCc1ccccc1C=NO. The fraction of sp³-hybridized carbons (Fsp3) is 0.222. The topological polar surface area (TPSA) is 32.6 Å². The van der Waals surface area contributed by atoms with E-state index in [9.17, 15) is 0 Å². The van der Waals surface area contributed by atoms with E-state index in [4.69, 9.17) is 5.21 Å². The molecule has 2 nitrogen and oxygen atoms in total. The van der Waals surface area contributed by atoms with Gasteiger partial charge in [-0.1, -0.05) is 36.3 Å². The zero-order chi connectivity index (χ0) is 8.10. The molecule has 0 aliphatic carbocycles. The molecule has 0 fully saturated rings. The van der Waals surface area contributed by atoms with E-state index in [1.807, 2.05) is 24.3 Å². The van der Waals surface area contributed by atoms with Crippen molar-refractivity contribution in [3.63, 3.8) is 0 Å². The van der Waals surface area contributed by atoms with Gasteiger partial charge < -0.3 is 5.21 Å². The second-order valence-corrected chi connectivity index (χ2v) is 2.30. The molecule has 58 valence electrons. The second-order valence-electron chi connectivity index (χ2n) is 2.30. The van der Waals surface area contributed by atoms with Crippen LogP contribution in [0.25, 0.3) is 0 Å². The molecule has 0 unspecified atom stereocenters. The summed E-state index contributed by atoms with van der Waals surface area (Å²) in [4.78, 5) is 0. The van der Waals surface area contributed by atoms with E-state index >= 15 is 0 Å². The quantitative estimate of drug-likeness (QED) is 0.389. The summed E-state index contributed by atoms with van der Waals surface area (Å²) in [6.45, 7) is 2.07. The predicted octanol–water partition coefficient (Wildman–Crippen LogP) is 2.06. The standard InChI is InChI=1S/C9H11NO/c1-2-8-5-3-4-6-9(8)7-10-11/h3-7,11H,2H2,1H3. The summed E-state index contributed by atoms with van der Waals surface area (Å²) in [7, 11) is 0. The molecule has 0 atom stereocenters. The Bertz CT molecular complexity index is 255. The summed E-state index contributed by atoms with van der Waals surface area (Å²) in [6.07, 6.45) is 2.42. The molecule has 0 heterocycles. The highest BCUT2D eigenvalue weighted by Crippen LogP contribution is 2.05. The lowest BCUT2D eigenvalue weighted by atomic mass is 10.1. The van der Waals surface area contributed by atoms with Crippen LogP contribution < -0.4 is 0 Å². The fourth-order valence-electron chi connectivity index (χ4n) is 1.04. The summed E-state index contributed by atoms with van der Waals surface area (Å²) in [5.41, 5.74) is 2.18. The van der Waals surface area contributed by atoms with E-state index in [0.717, 1.165) is 12.0 Å². The average molecular weight is 149 g/mol. The van der Waals surface area contributed by atoms with Crippen LogP contribution in [0.1, 0.15) is 18.1 Å². The predicted molar refractivity (Wildman–Crippen MR) is 45.2 cm³/mol. The Kier molecular flexibility index (Phi) is 2.66. The molecule has 11 heavy (non-hydrogen) atoms. The average Bonchev–Trinajstić information content (AvgIpc) is 2.06. The smallest absolute Gasteiger partial charge is 0.0736 e. The Hall–Kier alpha value is -1.31. The van der Waals surface area contributed by atoms with Gasteiger partial charge in [0.05, 0.1) is 6.21 Å². The number of aryl methyl sites for hydroxylation is 1. The first-order chi connectivity index (χ1) is 5.38. The van der Waals surface area contributed by atoms with Crippen LogP contribution in [0.3, 0.4) is 0 Å². The minimum absolute atomic E-state index is 0.961. The van der Waals surface area contributed by atoms with Crippen molar-refractivity contribution >= 4 is 6.21 Å². The highest BCUT2D eigenvalue weighted by Gasteiger charge is 1.94. The Labute approximate surface area is 66.2 Å². The van der Waals surface area contributed by atoms with E-state index < -0.39 is 0 Å². The van der Waals surface area contributed by atoms with Gasteiger partial charge in [0.25, 0.3) is 0 Å². The molecule has 0 amide bonds. The van der Waals surface area contributed by atoms with Gasteiger partial charge in [0.1, 0.15) is 0 Å². The van der Waals surface area contributed by atoms with Gasteiger partial charge >= 0.3 is 0 Å². The first-order valence-electron chi connectivity index (χ1n) is 3.63. The van der Waals surface area contributed by atoms with Gasteiger partial charge in [-0.2, -0.15) is 0 Å². The molecule has 0 radical (unpaired) electrons. The molecule has 1 rings (SSSR count). The molecule has 1 aromatic rings. The molecule has 1 aromatic carbocycles. The molecular formula is C9H11NO. The van der Waals surface area contributed by atoms with Crippen molar-refractivity contribution in [3.05, 3.63) is 35.4 Å². The fourth-order valence-corrected chi connectivity index (χ4v) is 1.04. The van der Waals surface area contributed by atoms with Gasteiger partial charge in [-0.25, -0.2) is 0 Å². The molecule has 1 N–H and O–H groups in total. The molecule has 2 heteroatoms. The van der Waals surface area contributed by atoms with E-state index in [1.165, 1.54) is 11.8 Å². The lowest BCUT2D eigenvalue weighted by Crippen LogP contribution is -1.89. The summed E-state index contributed by atoms with van der Waals surface area (Å²) < 4.78 is 0.